The summed E-state index contributed by atoms with van der Waals surface area (Å²) in [7, 11) is 0.977. The Morgan fingerprint density at radius 3 is 1.80 bits per heavy atom. The molecule has 0 heterocycles. The van der Waals surface area contributed by atoms with E-state index in [2.05, 4.69) is 102 Å². The van der Waals surface area contributed by atoms with Gasteiger partial charge < -0.3 is 9.47 Å². The molecule has 0 saturated heterocycles. The summed E-state index contributed by atoms with van der Waals surface area (Å²) in [6.07, 6.45) is 0. The molecular formula is C35H36NO3PS. The molecule has 5 rings (SSSR count). The zero-order chi connectivity index (χ0) is 29.0. The predicted octanol–water partition coefficient (Wildman–Crippen LogP) is 6.76. The van der Waals surface area contributed by atoms with Gasteiger partial charge in [-0.15, -0.1) is 0 Å². The first-order valence-corrected chi connectivity index (χ1v) is 16.1. The van der Waals surface area contributed by atoms with Crippen molar-refractivity contribution in [3.8, 4) is 11.5 Å². The monoisotopic (exact) mass is 581 g/mol. The molecule has 0 radical (unpaired) electrons. The van der Waals surface area contributed by atoms with Crippen LogP contribution < -0.4 is 30.1 Å². The SMILES string of the molecule is COc1cc([C@@H](N[S@@](=O)C(C)(C)C)c2cccc3ccccc23)c(P(c2ccccc2)c2ccccc2)cc1OC. The zero-order valence-electron chi connectivity index (χ0n) is 24.1. The van der Waals surface area contributed by atoms with Crippen molar-refractivity contribution in [3.63, 3.8) is 0 Å². The minimum atomic E-state index is -1.35. The van der Waals surface area contributed by atoms with Gasteiger partial charge in [-0.2, -0.15) is 0 Å². The quantitative estimate of drug-likeness (QED) is 0.196. The number of benzene rings is 5. The molecule has 6 heteroatoms. The Labute approximate surface area is 247 Å². The molecule has 210 valence electrons. The third-order valence-corrected chi connectivity index (χ3v) is 11.1. The number of fused-ring (bicyclic) bond motifs is 1. The Hall–Kier alpha value is -3.50. The molecule has 4 nitrogen and oxygen atoms in total. The molecule has 0 fully saturated rings. The van der Waals surface area contributed by atoms with E-state index < -0.39 is 23.7 Å². The molecule has 0 aliphatic carbocycles. The maximum Gasteiger partial charge on any atom is 0.161 e. The van der Waals surface area contributed by atoms with E-state index in [1.54, 1.807) is 14.2 Å². The molecule has 5 aromatic carbocycles. The highest BCUT2D eigenvalue weighted by Crippen LogP contribution is 2.42. The third kappa shape index (κ3) is 6.23. The lowest BCUT2D eigenvalue weighted by atomic mass is 9.94. The molecule has 2 atom stereocenters. The van der Waals surface area contributed by atoms with Gasteiger partial charge in [-0.25, -0.2) is 8.93 Å². The van der Waals surface area contributed by atoms with Gasteiger partial charge in [0.05, 0.1) is 36.0 Å². The van der Waals surface area contributed by atoms with Gasteiger partial charge in [0, 0.05) is 0 Å². The minimum Gasteiger partial charge on any atom is -0.493 e. The van der Waals surface area contributed by atoms with Crippen LogP contribution in [0.4, 0.5) is 0 Å². The largest absolute Gasteiger partial charge is 0.493 e. The van der Waals surface area contributed by atoms with Crippen LogP contribution in [0.5, 0.6) is 11.5 Å². The number of hydrogen-bond acceptors (Lipinski definition) is 3. The van der Waals surface area contributed by atoms with Crippen molar-refractivity contribution < 1.29 is 13.7 Å². The molecule has 0 spiro atoms. The molecule has 5 aromatic rings. The summed E-state index contributed by atoms with van der Waals surface area (Å²) in [5, 5.41) is 5.80. The molecule has 41 heavy (non-hydrogen) atoms. The van der Waals surface area contributed by atoms with Crippen LogP contribution in [-0.4, -0.2) is 23.2 Å². The fourth-order valence-electron chi connectivity index (χ4n) is 4.97. The van der Waals surface area contributed by atoms with Crippen LogP contribution in [0.3, 0.4) is 0 Å². The van der Waals surface area contributed by atoms with Crippen LogP contribution in [0.2, 0.25) is 0 Å². The minimum absolute atomic E-state index is 0.381. The highest BCUT2D eigenvalue weighted by atomic mass is 32.2. The van der Waals surface area contributed by atoms with E-state index in [0.717, 1.165) is 27.2 Å². The summed E-state index contributed by atoms with van der Waals surface area (Å²) in [4.78, 5) is 0. The van der Waals surface area contributed by atoms with Crippen LogP contribution >= 0.6 is 7.92 Å². The normalized spacial score (nSPS) is 13.2. The Balaban J connectivity index is 1.85. The van der Waals surface area contributed by atoms with E-state index in [0.29, 0.717) is 11.5 Å². The molecule has 1 N–H and O–H groups in total. The maximum atomic E-state index is 13.8. The summed E-state index contributed by atoms with van der Waals surface area (Å²) in [5.41, 5.74) is 2.07. The van der Waals surface area contributed by atoms with E-state index >= 15 is 0 Å². The lowest BCUT2D eigenvalue weighted by Gasteiger charge is -2.30. The maximum absolute atomic E-state index is 13.8. The number of hydrogen-bond donors (Lipinski definition) is 1. The molecule has 0 aliphatic rings. The second-order valence-corrected chi connectivity index (χ2v) is 15.0. The average Bonchev–Trinajstić information content (AvgIpc) is 3.00. The molecule has 0 amide bonds. The smallest absolute Gasteiger partial charge is 0.161 e. The Bertz CT molecular complexity index is 1610. The fourth-order valence-corrected chi connectivity index (χ4v) is 8.29. The van der Waals surface area contributed by atoms with Gasteiger partial charge in [0.1, 0.15) is 0 Å². The van der Waals surface area contributed by atoms with Gasteiger partial charge in [0.15, 0.2) is 11.5 Å². The van der Waals surface area contributed by atoms with Crippen molar-refractivity contribution in [3.05, 3.63) is 126 Å². The van der Waals surface area contributed by atoms with Crippen molar-refractivity contribution in [1.29, 1.82) is 0 Å². The lowest BCUT2D eigenvalue weighted by Crippen LogP contribution is -2.38. The number of nitrogens with one attached hydrogen (secondary N) is 1. The molecular weight excluding hydrogens is 545 g/mol. The summed E-state index contributed by atoms with van der Waals surface area (Å²) in [6.45, 7) is 5.98. The van der Waals surface area contributed by atoms with Gasteiger partial charge >= 0.3 is 0 Å². The average molecular weight is 582 g/mol. The van der Waals surface area contributed by atoms with E-state index in [4.69, 9.17) is 9.47 Å². The van der Waals surface area contributed by atoms with Crippen molar-refractivity contribution in [2.24, 2.45) is 0 Å². The summed E-state index contributed by atoms with van der Waals surface area (Å²) in [6, 6.07) is 39.7. The van der Waals surface area contributed by atoms with E-state index in [1.165, 1.54) is 10.6 Å². The highest BCUT2D eigenvalue weighted by Gasteiger charge is 2.31. The molecule has 0 aromatic heterocycles. The van der Waals surface area contributed by atoms with Crippen LogP contribution in [-0.2, 0) is 11.0 Å². The Kier molecular flexibility index (Phi) is 8.89. The second-order valence-electron chi connectivity index (χ2n) is 10.8. The van der Waals surface area contributed by atoms with Crippen LogP contribution in [0.25, 0.3) is 10.8 Å². The first-order valence-electron chi connectivity index (χ1n) is 13.6. The van der Waals surface area contributed by atoms with E-state index in [9.17, 15) is 4.21 Å². The van der Waals surface area contributed by atoms with Crippen LogP contribution in [0.15, 0.2) is 115 Å². The van der Waals surface area contributed by atoms with Crippen LogP contribution in [0.1, 0.15) is 37.9 Å². The third-order valence-electron chi connectivity index (χ3n) is 7.03. The topological polar surface area (TPSA) is 47.6 Å². The molecule has 0 saturated carbocycles. The summed E-state index contributed by atoms with van der Waals surface area (Å²) in [5.74, 6) is 1.30. The zero-order valence-corrected chi connectivity index (χ0v) is 25.8. The molecule has 0 aliphatic heterocycles. The van der Waals surface area contributed by atoms with Crippen LogP contribution in [0, 0.1) is 0 Å². The Morgan fingerprint density at radius 1 is 0.683 bits per heavy atom. The predicted molar refractivity (Wildman–Crippen MR) is 175 cm³/mol. The van der Waals surface area contributed by atoms with E-state index in [-0.39, 0.29) is 6.04 Å². The van der Waals surface area contributed by atoms with Crippen molar-refractivity contribution in [1.82, 2.24) is 4.72 Å². The van der Waals surface area contributed by atoms with Gasteiger partial charge in [0.25, 0.3) is 0 Å². The van der Waals surface area contributed by atoms with Gasteiger partial charge in [-0.05, 0) is 78.6 Å². The standard InChI is InChI=1S/C35H36NO3PS/c1-35(2,3)41(37)36-34(29-22-14-16-25-15-12-13-21-28(25)29)30-23-31(38-4)32(39-5)24-33(30)40(26-17-8-6-9-18-26)27-19-10-7-11-20-27/h6-24,34,36H,1-5H3/t34-,41-/m0/s1. The first kappa shape index (κ1) is 29.0. The molecule has 0 unspecified atom stereocenters. The second kappa shape index (κ2) is 12.6. The highest BCUT2D eigenvalue weighted by molar-refractivity contribution is 7.84. The number of ether oxygens (including phenoxy) is 2. The fraction of sp³-hybridized carbons (Fsp3) is 0.200. The Morgan fingerprint density at radius 2 is 1.22 bits per heavy atom. The van der Waals surface area contributed by atoms with Crippen molar-refractivity contribution in [2.45, 2.75) is 31.6 Å². The first-order chi connectivity index (χ1) is 19.8. The summed E-state index contributed by atoms with van der Waals surface area (Å²) >= 11 is 0. The van der Waals surface area contributed by atoms with Gasteiger partial charge in [-0.1, -0.05) is 103 Å². The summed E-state index contributed by atoms with van der Waals surface area (Å²) < 4.78 is 28.6. The number of rotatable bonds is 9. The van der Waals surface area contributed by atoms with E-state index in [1.807, 2.05) is 39.0 Å². The lowest BCUT2D eigenvalue weighted by molar-refractivity contribution is 0.354. The van der Waals surface area contributed by atoms with Gasteiger partial charge in [-0.3, -0.25) is 0 Å². The van der Waals surface area contributed by atoms with Crippen molar-refractivity contribution >= 4 is 45.6 Å². The number of methoxy groups -OCH3 is 2. The van der Waals surface area contributed by atoms with Gasteiger partial charge in [0.2, 0.25) is 0 Å². The molecule has 0 bridgehead atoms. The van der Waals surface area contributed by atoms with Crippen molar-refractivity contribution in [2.75, 3.05) is 14.2 Å².